The fourth-order valence-corrected chi connectivity index (χ4v) is 20.0. The fraction of sp³-hybridized carbons (Fsp3) is 0.490. The molecule has 7 aliphatic rings. The van der Waals surface area contributed by atoms with E-state index in [1.807, 2.05) is 0 Å². The van der Waals surface area contributed by atoms with Gasteiger partial charge in [0.25, 0.3) is 0 Å². The van der Waals surface area contributed by atoms with Crippen LogP contribution in [-0.4, -0.2) is 93.3 Å². The van der Waals surface area contributed by atoms with Crippen LogP contribution in [0.5, 0.6) is 23.0 Å². The summed E-state index contributed by atoms with van der Waals surface area (Å²) in [7, 11) is 0. The van der Waals surface area contributed by atoms with Gasteiger partial charge in [-0.15, -0.1) is 13.2 Å². The lowest BCUT2D eigenvalue weighted by molar-refractivity contribution is -0.274. The Bertz CT molecular complexity index is 4850. The first kappa shape index (κ1) is 97.5. The van der Waals surface area contributed by atoms with Crippen LogP contribution in [0.15, 0.2) is 169 Å². The lowest BCUT2D eigenvalue weighted by atomic mass is 9.44. The maximum Gasteiger partial charge on any atom is 0.573 e. The van der Waals surface area contributed by atoms with Crippen molar-refractivity contribution in [1.29, 1.82) is 0 Å². The first-order chi connectivity index (χ1) is 60.6. The van der Waals surface area contributed by atoms with Gasteiger partial charge in [0.05, 0.1) is 46.1 Å². The fourth-order valence-electron chi connectivity index (χ4n) is 20.0. The SMILES string of the molecule is CC(C)=CCCC(C)C1CCC2C3CC=C4C(C)(C)C(OC(=O)c5cc(N)cc(N)c5)CCC4(C)C3CCC12C.Nc1cc(N)cc(C(=O)OC2CCC(OCOc3ccc(C(F)(F)F)cc3)CC2)c1.Nc1cc(N)cc(C(=O)OC2CCC(OCOc3ccc(F)cc3)CC2)c1.Nc1cc(N)cc(C(=O)OC2CCC(OCOc3ccc(OC(F)(F)F)cc3)CC2)c1. The molecule has 0 amide bonds. The summed E-state index contributed by atoms with van der Waals surface area (Å²) >= 11 is 0. The van der Waals surface area contributed by atoms with Crippen LogP contribution in [0.3, 0.4) is 0 Å². The average molecular weight is 1790 g/mol. The number of fused-ring (bicyclic) bond motifs is 5. The third-order valence-corrected chi connectivity index (χ3v) is 26.3. The second-order valence-electron chi connectivity index (χ2n) is 36.1. The molecule has 0 aromatic heterocycles. The van der Waals surface area contributed by atoms with Gasteiger partial charge in [0.1, 0.15) is 53.2 Å². The number of benzene rings is 7. The van der Waals surface area contributed by atoms with Crippen LogP contribution in [0.4, 0.5) is 76.2 Å². The number of allylic oxidation sites excluding steroid dienone is 3. The summed E-state index contributed by atoms with van der Waals surface area (Å²) in [5, 5.41) is 0. The predicted molar refractivity (Wildman–Crippen MR) is 478 cm³/mol. The van der Waals surface area contributed by atoms with Crippen molar-refractivity contribution in [1.82, 2.24) is 0 Å². The minimum atomic E-state index is -4.74. The van der Waals surface area contributed by atoms with Gasteiger partial charge in [0.15, 0.2) is 20.4 Å². The lowest BCUT2D eigenvalue weighted by Crippen LogP contribution is -2.55. The number of carbonyl (C=O) groups excluding carboxylic acids is 4. The van der Waals surface area contributed by atoms with Crippen molar-refractivity contribution in [2.75, 3.05) is 66.2 Å². The van der Waals surface area contributed by atoms with E-state index in [9.17, 15) is 49.9 Å². The normalized spacial score (nSPS) is 24.7. The topological polar surface area (TPSA) is 378 Å². The standard InChI is InChI=1S/C36H54N2O2.C21H23F3N2O5.C21H23F3N2O4.C20H23FN2O4/c1-22(2)9-8-10-23(3)28-12-13-29-27-11-14-31-34(4,5)32(40-33(39)24-19-25(37)21-26(38)20-24)16-18-36(31,7)30(27)15-17-35(28,29)6;22-21(23,24)31-19-7-3-17(4-8-19)29-12-28-16-1-5-18(6-2-16)30-20(27)13-9-14(25)11-15(26)10-13;22-21(23,24)14-1-3-17(4-2-14)28-12-29-18-5-7-19(8-6-18)30-20(27)13-9-15(25)11-16(26)10-13;21-14-1-3-17(4-2-14)25-12-26-18-5-7-19(8-6-18)27-20(24)13-9-15(22)11-16(23)10-13/h9,14,19-21,23,27-30,32H,8,10-13,15-18,37-38H2,1-7H3;3-4,7-11,16,18H,1-2,5-6,12,25-26H2;1-4,9-11,18-19H,5-8,12,25-26H2;1-4,9-11,18-19H,5-8,12,22-23H2. The highest BCUT2D eigenvalue weighted by Crippen LogP contribution is 2.69. The van der Waals surface area contributed by atoms with Crippen LogP contribution in [0.2, 0.25) is 0 Å². The Morgan fingerprint density at radius 2 is 0.781 bits per heavy atom. The molecule has 7 aromatic carbocycles. The van der Waals surface area contributed by atoms with Gasteiger partial charge in [-0.1, -0.05) is 57.9 Å². The Morgan fingerprint density at radius 1 is 0.430 bits per heavy atom. The minimum Gasteiger partial charge on any atom is -0.468 e. The number of esters is 4. The number of nitrogen functional groups attached to an aromatic ring is 8. The Morgan fingerprint density at radius 3 is 1.15 bits per heavy atom. The summed E-state index contributed by atoms with van der Waals surface area (Å²) in [6.07, 6.45) is 14.5. The molecule has 7 aliphatic carbocycles. The Kier molecular flexibility index (Phi) is 33.0. The van der Waals surface area contributed by atoms with Crippen molar-refractivity contribution in [3.63, 3.8) is 0 Å². The number of anilines is 8. The summed E-state index contributed by atoms with van der Waals surface area (Å²) in [6.45, 7) is 16.8. The molecule has 128 heavy (non-hydrogen) atoms. The molecule has 6 saturated carbocycles. The summed E-state index contributed by atoms with van der Waals surface area (Å²) in [5.74, 6) is 2.91. The van der Waals surface area contributed by atoms with Gasteiger partial charge in [-0.05, 0) is 335 Å². The van der Waals surface area contributed by atoms with Crippen LogP contribution in [0, 0.1) is 51.7 Å². The third-order valence-electron chi connectivity index (χ3n) is 26.3. The van der Waals surface area contributed by atoms with Gasteiger partial charge in [-0.25, -0.2) is 23.6 Å². The largest absolute Gasteiger partial charge is 0.573 e. The molecule has 30 heteroatoms. The Labute approximate surface area is 744 Å². The number of alkyl halides is 6. The van der Waals surface area contributed by atoms with Gasteiger partial charge in [0.2, 0.25) is 0 Å². The second kappa shape index (κ2) is 43.3. The van der Waals surface area contributed by atoms with Crippen LogP contribution in [0.25, 0.3) is 0 Å². The molecular formula is C98H123F7N8O15. The molecule has 16 N–H and O–H groups in total. The Balaban J connectivity index is 0.000000167. The highest BCUT2D eigenvalue weighted by atomic mass is 19.4. The highest BCUT2D eigenvalue weighted by molar-refractivity contribution is 5.94. The number of ether oxygens (including phenoxy) is 11. The van der Waals surface area contributed by atoms with Crippen molar-refractivity contribution >= 4 is 69.4 Å². The zero-order chi connectivity index (χ0) is 92.4. The third kappa shape index (κ3) is 27.2. The maximum atomic E-state index is 13.2. The van der Waals surface area contributed by atoms with E-state index in [0.717, 1.165) is 79.5 Å². The van der Waals surface area contributed by atoms with Crippen LogP contribution < -0.4 is 64.8 Å². The van der Waals surface area contributed by atoms with Gasteiger partial charge in [-0.3, -0.25) is 0 Å². The number of carbonyl (C=O) groups is 4. The molecule has 7 aromatic rings. The zero-order valence-electron chi connectivity index (χ0n) is 73.8. The van der Waals surface area contributed by atoms with E-state index in [1.165, 1.54) is 117 Å². The zero-order valence-corrected chi connectivity index (χ0v) is 73.8. The van der Waals surface area contributed by atoms with Crippen molar-refractivity contribution in [3.8, 4) is 23.0 Å². The highest BCUT2D eigenvalue weighted by Gasteiger charge is 2.62. The van der Waals surface area contributed by atoms with Gasteiger partial charge < -0.3 is 98.0 Å². The monoisotopic (exact) mass is 1780 g/mol. The van der Waals surface area contributed by atoms with Gasteiger partial charge >= 0.3 is 36.4 Å². The minimum absolute atomic E-state index is 0.0445. The molecule has 14 rings (SSSR count). The molecule has 694 valence electrons. The molecule has 8 unspecified atom stereocenters. The van der Waals surface area contributed by atoms with E-state index in [2.05, 4.69) is 65.4 Å². The van der Waals surface area contributed by atoms with Crippen LogP contribution in [-0.2, 0) is 39.3 Å². The molecule has 0 spiro atoms. The quantitative estimate of drug-likeness (QED) is 0.00658. The first-order valence-corrected chi connectivity index (χ1v) is 44.0. The predicted octanol–water partition coefficient (Wildman–Crippen LogP) is 21.1. The molecular weight excluding hydrogens is 1660 g/mol. The first-order valence-electron chi connectivity index (χ1n) is 44.0. The molecule has 0 bridgehead atoms. The van der Waals surface area contributed by atoms with E-state index >= 15 is 0 Å². The van der Waals surface area contributed by atoms with Gasteiger partial charge in [0, 0.05) is 50.9 Å². The van der Waals surface area contributed by atoms with Crippen LogP contribution in [0.1, 0.15) is 230 Å². The van der Waals surface area contributed by atoms with Crippen molar-refractivity contribution in [3.05, 3.63) is 203 Å². The summed E-state index contributed by atoms with van der Waals surface area (Å²) in [5.41, 5.74) is 53.7. The number of hydrogen-bond donors (Lipinski definition) is 8. The maximum absolute atomic E-state index is 13.2. The second-order valence-corrected chi connectivity index (χ2v) is 36.1. The molecule has 23 nitrogen and oxygen atoms in total. The summed E-state index contributed by atoms with van der Waals surface area (Å²) in [4.78, 5) is 49.9. The van der Waals surface area contributed by atoms with E-state index in [1.54, 1.807) is 60.7 Å². The molecule has 0 radical (unpaired) electrons. The number of hydrogen-bond acceptors (Lipinski definition) is 23. The summed E-state index contributed by atoms with van der Waals surface area (Å²) in [6, 6.07) is 34.2. The molecule has 0 aliphatic heterocycles. The molecule has 0 heterocycles. The molecule has 0 saturated heterocycles. The van der Waals surface area contributed by atoms with E-state index in [-0.39, 0.29) is 91.5 Å². The van der Waals surface area contributed by atoms with E-state index in [0.29, 0.717) is 155 Å². The number of halogens is 7. The number of rotatable bonds is 25. The number of nitrogens with two attached hydrogens (primary N) is 8. The van der Waals surface area contributed by atoms with E-state index < -0.39 is 36.0 Å². The smallest absolute Gasteiger partial charge is 0.468 e. The van der Waals surface area contributed by atoms with Crippen molar-refractivity contribution in [2.45, 2.75) is 239 Å². The van der Waals surface area contributed by atoms with Crippen LogP contribution >= 0.6 is 0 Å². The molecule has 6 fully saturated rings. The summed E-state index contributed by atoms with van der Waals surface area (Å²) < 4.78 is 147. The van der Waals surface area contributed by atoms with E-state index in [4.69, 9.17) is 93.2 Å². The van der Waals surface area contributed by atoms with Gasteiger partial charge in [-0.2, -0.15) is 13.2 Å². The lowest BCUT2D eigenvalue weighted by Gasteiger charge is -2.61. The average Bonchev–Trinajstić information content (AvgIpc) is 1.35. The van der Waals surface area contributed by atoms with Crippen molar-refractivity contribution < 1.29 is 102 Å². The molecule has 8 atom stereocenters. The van der Waals surface area contributed by atoms with Crippen molar-refractivity contribution in [2.24, 2.45) is 45.8 Å². The Hall–Kier alpha value is -11.1.